The van der Waals surface area contributed by atoms with Gasteiger partial charge < -0.3 is 9.47 Å². The zero-order valence-electron chi connectivity index (χ0n) is 16.2. The Morgan fingerprint density at radius 3 is 2.60 bits per heavy atom. The van der Waals surface area contributed by atoms with E-state index < -0.39 is 23.7 Å². The number of nitrogens with one attached hydrogen (secondary N) is 1. The number of hydrogen-bond acceptors (Lipinski definition) is 5. The number of hydrogen-bond donors (Lipinski definition) is 1. The number of urea groups is 1. The van der Waals surface area contributed by atoms with Gasteiger partial charge in [0.05, 0.1) is 23.0 Å². The number of halogens is 2. The molecule has 0 aliphatic carbocycles. The quantitative estimate of drug-likeness (QED) is 0.352. The molecule has 0 aromatic heterocycles. The van der Waals surface area contributed by atoms with Gasteiger partial charge in [0.2, 0.25) is 0 Å². The third kappa shape index (κ3) is 4.30. The Morgan fingerprint density at radius 1 is 1.20 bits per heavy atom. The molecule has 1 N–H and O–H groups in total. The lowest BCUT2D eigenvalue weighted by Crippen LogP contribution is -2.54. The maximum atomic E-state index is 14.2. The predicted molar refractivity (Wildman–Crippen MR) is 117 cm³/mol. The summed E-state index contributed by atoms with van der Waals surface area (Å²) in [5.74, 6) is -1.55. The number of nitrogens with zero attached hydrogens (tertiary/aromatic N) is 1. The first-order valence-corrected chi connectivity index (χ1v) is 10.1. The second-order valence-electron chi connectivity index (χ2n) is 6.29. The lowest BCUT2D eigenvalue weighted by molar-refractivity contribution is -0.122. The van der Waals surface area contributed by atoms with E-state index in [0.717, 1.165) is 16.1 Å². The molecular weight excluding hydrogens is 506 g/mol. The van der Waals surface area contributed by atoms with E-state index in [-0.39, 0.29) is 11.3 Å². The summed E-state index contributed by atoms with van der Waals surface area (Å²) >= 11 is 2.07. The van der Waals surface area contributed by atoms with Crippen LogP contribution >= 0.6 is 22.6 Å². The van der Waals surface area contributed by atoms with Gasteiger partial charge in [0.15, 0.2) is 11.5 Å². The van der Waals surface area contributed by atoms with Crippen molar-refractivity contribution in [2.45, 2.75) is 13.3 Å². The van der Waals surface area contributed by atoms with E-state index in [1.165, 1.54) is 31.4 Å². The van der Waals surface area contributed by atoms with Gasteiger partial charge in [0, 0.05) is 0 Å². The summed E-state index contributed by atoms with van der Waals surface area (Å²) in [7, 11) is 1.48. The standard InChI is InChI=1S/C21H18FIN2O5/c1-3-8-30-18-15(23)10-12(11-17(18)29-2)9-13-19(26)24-21(28)25(20(13)27)16-7-5-4-6-14(16)22/h4-7,9-11H,3,8H2,1-2H3,(H,24,26,28)/b13-9-. The number of benzene rings is 2. The number of anilines is 1. The fourth-order valence-corrected chi connectivity index (χ4v) is 3.62. The van der Waals surface area contributed by atoms with E-state index in [4.69, 9.17) is 9.47 Å². The molecule has 4 amide bonds. The number of ether oxygens (including phenoxy) is 2. The van der Waals surface area contributed by atoms with Crippen LogP contribution in [0.25, 0.3) is 6.08 Å². The van der Waals surface area contributed by atoms with Crippen molar-refractivity contribution in [3.8, 4) is 11.5 Å². The molecule has 0 unspecified atom stereocenters. The number of barbiturate groups is 1. The number of carbonyl (C=O) groups excluding carboxylic acids is 3. The molecule has 7 nitrogen and oxygen atoms in total. The van der Waals surface area contributed by atoms with Crippen molar-refractivity contribution >= 4 is 52.2 Å². The SMILES string of the molecule is CCCOc1c(I)cc(/C=C2/C(=O)NC(=O)N(c3ccccc3F)C2=O)cc1OC. The van der Waals surface area contributed by atoms with E-state index >= 15 is 0 Å². The van der Waals surface area contributed by atoms with Crippen molar-refractivity contribution in [3.63, 3.8) is 0 Å². The van der Waals surface area contributed by atoms with Crippen LogP contribution in [0.3, 0.4) is 0 Å². The molecule has 0 bridgehead atoms. The molecule has 2 aromatic carbocycles. The van der Waals surface area contributed by atoms with Crippen LogP contribution in [-0.4, -0.2) is 31.6 Å². The van der Waals surface area contributed by atoms with E-state index in [0.29, 0.717) is 28.6 Å². The molecule has 1 aliphatic rings. The van der Waals surface area contributed by atoms with Crippen molar-refractivity contribution in [1.29, 1.82) is 0 Å². The smallest absolute Gasteiger partial charge is 0.336 e. The molecule has 0 spiro atoms. The minimum Gasteiger partial charge on any atom is -0.493 e. The Hall–Kier alpha value is -2.95. The van der Waals surface area contributed by atoms with E-state index in [1.807, 2.05) is 6.92 Å². The first-order valence-electron chi connectivity index (χ1n) is 9.03. The predicted octanol–water partition coefficient (Wildman–Crippen LogP) is 3.89. The molecule has 1 fully saturated rings. The first kappa shape index (κ1) is 21.8. The fraction of sp³-hybridized carbons (Fsp3) is 0.190. The van der Waals surface area contributed by atoms with Crippen LogP contribution < -0.4 is 19.7 Å². The van der Waals surface area contributed by atoms with E-state index in [9.17, 15) is 18.8 Å². The van der Waals surface area contributed by atoms with Gasteiger partial charge in [-0.15, -0.1) is 0 Å². The minimum atomic E-state index is -1.01. The zero-order chi connectivity index (χ0) is 21.8. The first-order chi connectivity index (χ1) is 14.4. The molecule has 0 atom stereocenters. The summed E-state index contributed by atoms with van der Waals surface area (Å²) in [5, 5.41) is 2.07. The monoisotopic (exact) mass is 524 g/mol. The van der Waals surface area contributed by atoms with Crippen molar-refractivity contribution in [2.24, 2.45) is 0 Å². The van der Waals surface area contributed by atoms with Crippen molar-refractivity contribution in [1.82, 2.24) is 5.32 Å². The zero-order valence-corrected chi connectivity index (χ0v) is 18.4. The fourth-order valence-electron chi connectivity index (χ4n) is 2.84. The van der Waals surface area contributed by atoms with Gasteiger partial charge in [-0.05, 0) is 64.9 Å². The molecule has 0 saturated carbocycles. The molecule has 1 aliphatic heterocycles. The van der Waals surface area contributed by atoms with Crippen LogP contribution in [0.5, 0.6) is 11.5 Å². The summed E-state index contributed by atoms with van der Waals surface area (Å²) in [4.78, 5) is 38.0. The van der Waals surface area contributed by atoms with E-state index in [1.54, 1.807) is 12.1 Å². The molecule has 1 saturated heterocycles. The minimum absolute atomic E-state index is 0.242. The highest BCUT2D eigenvalue weighted by Crippen LogP contribution is 2.35. The summed E-state index contributed by atoms with van der Waals surface area (Å²) < 4.78 is 26.0. The lowest BCUT2D eigenvalue weighted by Gasteiger charge is -2.26. The molecule has 30 heavy (non-hydrogen) atoms. The van der Waals surface area contributed by atoms with Gasteiger partial charge in [0.25, 0.3) is 11.8 Å². The van der Waals surface area contributed by atoms with Gasteiger partial charge in [-0.3, -0.25) is 14.9 Å². The summed E-state index contributed by atoms with van der Waals surface area (Å²) in [6, 6.07) is 7.65. The van der Waals surface area contributed by atoms with Crippen molar-refractivity contribution in [3.05, 3.63) is 56.9 Å². The van der Waals surface area contributed by atoms with Gasteiger partial charge in [0.1, 0.15) is 11.4 Å². The van der Waals surface area contributed by atoms with Gasteiger partial charge >= 0.3 is 6.03 Å². The van der Waals surface area contributed by atoms with Crippen LogP contribution in [0.2, 0.25) is 0 Å². The van der Waals surface area contributed by atoms with Crippen LogP contribution in [0.1, 0.15) is 18.9 Å². The van der Waals surface area contributed by atoms with Crippen LogP contribution in [0, 0.1) is 9.39 Å². The Morgan fingerprint density at radius 2 is 1.93 bits per heavy atom. The number of para-hydroxylation sites is 1. The number of imide groups is 2. The van der Waals surface area contributed by atoms with Crippen molar-refractivity contribution in [2.75, 3.05) is 18.6 Å². The number of rotatable bonds is 6. The molecule has 156 valence electrons. The Balaban J connectivity index is 2.02. The lowest BCUT2D eigenvalue weighted by atomic mass is 10.1. The number of methoxy groups -OCH3 is 1. The molecule has 2 aromatic rings. The third-order valence-corrected chi connectivity index (χ3v) is 5.01. The average Bonchev–Trinajstić information content (AvgIpc) is 2.71. The normalized spacial score (nSPS) is 15.4. The third-order valence-electron chi connectivity index (χ3n) is 4.21. The summed E-state index contributed by atoms with van der Waals surface area (Å²) in [5.41, 5.74) is -0.0618. The molecule has 0 radical (unpaired) electrons. The number of amides is 4. The van der Waals surface area contributed by atoms with Crippen LogP contribution in [-0.2, 0) is 9.59 Å². The summed E-state index contributed by atoms with van der Waals surface area (Å²) in [6.07, 6.45) is 2.14. The summed E-state index contributed by atoms with van der Waals surface area (Å²) in [6.45, 7) is 2.49. The average molecular weight is 524 g/mol. The van der Waals surface area contributed by atoms with E-state index in [2.05, 4.69) is 27.9 Å². The maximum absolute atomic E-state index is 14.2. The van der Waals surface area contributed by atoms with Gasteiger partial charge in [-0.1, -0.05) is 19.1 Å². The Kier molecular flexibility index (Phi) is 6.70. The highest BCUT2D eigenvalue weighted by Gasteiger charge is 2.38. The number of carbonyl (C=O) groups is 3. The topological polar surface area (TPSA) is 84.9 Å². The largest absolute Gasteiger partial charge is 0.493 e. The highest BCUT2D eigenvalue weighted by molar-refractivity contribution is 14.1. The molecular formula is C21H18FIN2O5. The van der Waals surface area contributed by atoms with Gasteiger partial charge in [-0.2, -0.15) is 0 Å². The molecule has 1 heterocycles. The van der Waals surface area contributed by atoms with Crippen molar-refractivity contribution < 1.29 is 28.2 Å². The highest BCUT2D eigenvalue weighted by atomic mass is 127. The van der Waals surface area contributed by atoms with Crippen LogP contribution in [0.15, 0.2) is 42.0 Å². The van der Waals surface area contributed by atoms with Crippen LogP contribution in [0.4, 0.5) is 14.9 Å². The second kappa shape index (κ2) is 9.24. The Labute approximate surface area is 186 Å². The molecule has 9 heteroatoms. The molecule has 3 rings (SSSR count). The maximum Gasteiger partial charge on any atom is 0.336 e. The van der Waals surface area contributed by atoms with Gasteiger partial charge in [-0.25, -0.2) is 14.1 Å². The second-order valence-corrected chi connectivity index (χ2v) is 7.45. The Bertz CT molecular complexity index is 1050.